The highest BCUT2D eigenvalue weighted by atomic mass is 16.3. The molecule has 1 heterocycles. The largest absolute Gasteiger partial charge is 0.392 e. The lowest BCUT2D eigenvalue weighted by Gasteiger charge is -2.09. The molecule has 4 heteroatoms. The minimum absolute atomic E-state index is 0.00348. The molecule has 0 fully saturated rings. The third-order valence-corrected chi connectivity index (χ3v) is 2.10. The molecule has 1 aromatic heterocycles. The Morgan fingerprint density at radius 3 is 3.00 bits per heavy atom. The van der Waals surface area contributed by atoms with Gasteiger partial charge >= 0.3 is 0 Å². The molecule has 15 heavy (non-hydrogen) atoms. The summed E-state index contributed by atoms with van der Waals surface area (Å²) in [6, 6.07) is 3.55. The van der Waals surface area contributed by atoms with Crippen LogP contribution < -0.4 is 11.5 Å². The second-order valence-corrected chi connectivity index (χ2v) is 3.30. The molecule has 0 spiro atoms. The first-order chi connectivity index (χ1) is 7.27. The normalized spacial score (nSPS) is 13.3. The summed E-state index contributed by atoms with van der Waals surface area (Å²) in [5.41, 5.74) is 12.8. The highest BCUT2D eigenvalue weighted by molar-refractivity contribution is 5.20. The van der Waals surface area contributed by atoms with Crippen LogP contribution in [-0.4, -0.2) is 22.7 Å². The van der Waals surface area contributed by atoms with Crippen LogP contribution in [0.5, 0.6) is 0 Å². The van der Waals surface area contributed by atoms with Crippen molar-refractivity contribution >= 4 is 0 Å². The maximum atomic E-state index is 9.09. The van der Waals surface area contributed by atoms with Crippen molar-refractivity contribution in [1.82, 2.24) is 4.98 Å². The molecular formula is C11H17N3O. The predicted octanol–water partition coefficient (Wildman–Crippen LogP) is -0.0414. The van der Waals surface area contributed by atoms with Gasteiger partial charge in [-0.05, 0) is 11.6 Å². The number of pyridine rings is 1. The Morgan fingerprint density at radius 1 is 1.53 bits per heavy atom. The van der Waals surface area contributed by atoms with E-state index in [1.165, 1.54) is 0 Å². The van der Waals surface area contributed by atoms with Gasteiger partial charge in [-0.25, -0.2) is 0 Å². The topological polar surface area (TPSA) is 85.2 Å². The number of aromatic nitrogens is 1. The monoisotopic (exact) mass is 207 g/mol. The Morgan fingerprint density at radius 2 is 2.33 bits per heavy atom. The fourth-order valence-electron chi connectivity index (χ4n) is 1.34. The third kappa shape index (κ3) is 3.79. The first kappa shape index (κ1) is 11.8. The summed E-state index contributed by atoms with van der Waals surface area (Å²) in [5, 5.41) is 9.09. The number of rotatable bonds is 5. The van der Waals surface area contributed by atoms with E-state index in [1.54, 1.807) is 12.3 Å². The van der Waals surface area contributed by atoms with E-state index in [2.05, 4.69) is 4.98 Å². The lowest BCUT2D eigenvalue weighted by molar-refractivity contribution is 0.280. The molecule has 5 N–H and O–H groups in total. The van der Waals surface area contributed by atoms with Gasteiger partial charge in [0.05, 0.1) is 6.61 Å². The van der Waals surface area contributed by atoms with Gasteiger partial charge in [-0.2, -0.15) is 0 Å². The molecule has 1 unspecified atom stereocenters. The molecule has 0 saturated heterocycles. The minimum atomic E-state index is -0.103. The Labute approximate surface area is 89.6 Å². The van der Waals surface area contributed by atoms with E-state index in [0.29, 0.717) is 13.0 Å². The van der Waals surface area contributed by atoms with E-state index in [4.69, 9.17) is 16.6 Å². The van der Waals surface area contributed by atoms with E-state index in [-0.39, 0.29) is 12.6 Å². The van der Waals surface area contributed by atoms with E-state index >= 15 is 0 Å². The van der Waals surface area contributed by atoms with E-state index in [9.17, 15) is 0 Å². The molecular weight excluding hydrogens is 190 g/mol. The van der Waals surface area contributed by atoms with Gasteiger partial charge in [0.1, 0.15) is 0 Å². The van der Waals surface area contributed by atoms with E-state index < -0.39 is 0 Å². The van der Waals surface area contributed by atoms with Gasteiger partial charge in [0.25, 0.3) is 0 Å². The minimum Gasteiger partial charge on any atom is -0.392 e. The summed E-state index contributed by atoms with van der Waals surface area (Å²) in [5.74, 6) is 0. The van der Waals surface area contributed by atoms with Gasteiger partial charge in [-0.3, -0.25) is 4.98 Å². The van der Waals surface area contributed by atoms with Crippen LogP contribution in [0.25, 0.3) is 0 Å². The summed E-state index contributed by atoms with van der Waals surface area (Å²) in [4.78, 5) is 4.19. The van der Waals surface area contributed by atoms with Crippen LogP contribution in [0.1, 0.15) is 11.3 Å². The highest BCUT2D eigenvalue weighted by Gasteiger charge is 2.05. The lowest BCUT2D eigenvalue weighted by atomic mass is 10.1. The molecule has 0 aliphatic heterocycles. The van der Waals surface area contributed by atoms with Crippen LogP contribution in [0, 0.1) is 0 Å². The summed E-state index contributed by atoms with van der Waals surface area (Å²) in [6.07, 6.45) is 6.00. The second kappa shape index (κ2) is 6.29. The van der Waals surface area contributed by atoms with Gasteiger partial charge in [-0.1, -0.05) is 18.2 Å². The van der Waals surface area contributed by atoms with E-state index in [1.807, 2.05) is 18.2 Å². The quantitative estimate of drug-likeness (QED) is 0.591. The maximum absolute atomic E-state index is 9.09. The van der Waals surface area contributed by atoms with Crippen LogP contribution in [0.4, 0.5) is 0 Å². The van der Waals surface area contributed by atoms with Crippen molar-refractivity contribution in [2.24, 2.45) is 11.5 Å². The standard InChI is InChI=1S/C11H17N3O/c12-5-1-4-10(13)7-11-9(8-15)3-2-6-14-11/h1-4,6,10,15H,5,7-8,12-13H2. The average molecular weight is 207 g/mol. The van der Waals surface area contributed by atoms with Crippen molar-refractivity contribution in [3.05, 3.63) is 41.7 Å². The lowest BCUT2D eigenvalue weighted by Crippen LogP contribution is -2.21. The number of aliphatic hydroxyl groups is 1. The van der Waals surface area contributed by atoms with E-state index in [0.717, 1.165) is 11.3 Å². The summed E-state index contributed by atoms with van der Waals surface area (Å²) >= 11 is 0. The molecule has 0 aromatic carbocycles. The van der Waals surface area contributed by atoms with Crippen molar-refractivity contribution in [2.75, 3.05) is 6.54 Å². The van der Waals surface area contributed by atoms with Crippen LogP contribution in [-0.2, 0) is 13.0 Å². The van der Waals surface area contributed by atoms with Gasteiger partial charge < -0.3 is 16.6 Å². The van der Waals surface area contributed by atoms with Crippen molar-refractivity contribution in [2.45, 2.75) is 19.1 Å². The smallest absolute Gasteiger partial charge is 0.0699 e. The van der Waals surface area contributed by atoms with Gasteiger partial charge in [-0.15, -0.1) is 0 Å². The Balaban J connectivity index is 2.67. The fraction of sp³-hybridized carbons (Fsp3) is 0.364. The number of nitrogens with zero attached hydrogens (tertiary/aromatic N) is 1. The van der Waals surface area contributed by atoms with Gasteiger partial charge in [0.15, 0.2) is 0 Å². The molecule has 0 radical (unpaired) electrons. The molecule has 0 aliphatic carbocycles. The SMILES string of the molecule is NCC=CC(N)Cc1ncccc1CO. The molecule has 0 bridgehead atoms. The molecule has 0 saturated carbocycles. The van der Waals surface area contributed by atoms with Crippen LogP contribution in [0.15, 0.2) is 30.5 Å². The van der Waals surface area contributed by atoms with Crippen molar-refractivity contribution in [3.63, 3.8) is 0 Å². The predicted molar refractivity (Wildman–Crippen MR) is 60.0 cm³/mol. The van der Waals surface area contributed by atoms with Crippen LogP contribution in [0.3, 0.4) is 0 Å². The zero-order chi connectivity index (χ0) is 11.1. The molecule has 1 rings (SSSR count). The number of hydrogen-bond donors (Lipinski definition) is 3. The fourth-order valence-corrected chi connectivity index (χ4v) is 1.34. The molecule has 4 nitrogen and oxygen atoms in total. The first-order valence-corrected chi connectivity index (χ1v) is 4.94. The van der Waals surface area contributed by atoms with Crippen LogP contribution >= 0.6 is 0 Å². The van der Waals surface area contributed by atoms with Crippen molar-refractivity contribution in [1.29, 1.82) is 0 Å². The number of aliphatic hydroxyl groups excluding tert-OH is 1. The highest BCUT2D eigenvalue weighted by Crippen LogP contribution is 2.07. The molecule has 82 valence electrons. The van der Waals surface area contributed by atoms with Gasteiger partial charge in [0.2, 0.25) is 0 Å². The summed E-state index contributed by atoms with van der Waals surface area (Å²) in [6.45, 7) is 0.485. The molecule has 1 aromatic rings. The maximum Gasteiger partial charge on any atom is 0.0699 e. The Hall–Kier alpha value is -1.23. The molecule has 1 atom stereocenters. The summed E-state index contributed by atoms with van der Waals surface area (Å²) in [7, 11) is 0. The Bertz CT molecular complexity index is 325. The zero-order valence-electron chi connectivity index (χ0n) is 8.63. The second-order valence-electron chi connectivity index (χ2n) is 3.30. The molecule has 0 aliphatic rings. The zero-order valence-corrected chi connectivity index (χ0v) is 8.63. The van der Waals surface area contributed by atoms with Crippen molar-refractivity contribution in [3.8, 4) is 0 Å². The average Bonchev–Trinajstić information content (AvgIpc) is 2.27. The van der Waals surface area contributed by atoms with Crippen LogP contribution in [0.2, 0.25) is 0 Å². The van der Waals surface area contributed by atoms with Crippen molar-refractivity contribution < 1.29 is 5.11 Å². The Kier molecular flexibility index (Phi) is 4.97. The first-order valence-electron chi connectivity index (χ1n) is 4.94. The molecule has 0 amide bonds. The van der Waals surface area contributed by atoms with Gasteiger partial charge in [0, 0.05) is 30.9 Å². The summed E-state index contributed by atoms with van der Waals surface area (Å²) < 4.78 is 0. The number of nitrogens with two attached hydrogens (primary N) is 2. The number of hydrogen-bond acceptors (Lipinski definition) is 4. The third-order valence-electron chi connectivity index (χ3n) is 2.10.